The van der Waals surface area contributed by atoms with Gasteiger partial charge in [-0.25, -0.2) is 5.01 Å². The van der Waals surface area contributed by atoms with Crippen LogP contribution in [0.5, 0.6) is 5.75 Å². The topological polar surface area (TPSA) is 44.7 Å². The van der Waals surface area contributed by atoms with E-state index in [2.05, 4.69) is 10.4 Å². The second-order valence-electron chi connectivity index (χ2n) is 4.83. The average Bonchev–Trinajstić information content (AvgIpc) is 2.44. The van der Waals surface area contributed by atoms with Crippen molar-refractivity contribution in [2.24, 2.45) is 0 Å². The SMILES string of the molecule is OC(CNN1CCCCC1)COc1cccc(Cl)c1. The molecule has 0 bridgehead atoms. The lowest BCUT2D eigenvalue weighted by Gasteiger charge is -2.28. The molecule has 1 heterocycles. The van der Waals surface area contributed by atoms with Crippen molar-refractivity contribution in [3.8, 4) is 5.75 Å². The Hall–Kier alpha value is -0.810. The Kier molecular flexibility index (Phi) is 5.92. The molecule has 19 heavy (non-hydrogen) atoms. The maximum absolute atomic E-state index is 9.86. The molecule has 0 saturated carbocycles. The van der Waals surface area contributed by atoms with Crippen molar-refractivity contribution < 1.29 is 9.84 Å². The Morgan fingerprint density at radius 3 is 2.84 bits per heavy atom. The molecule has 0 spiro atoms. The predicted octanol–water partition coefficient (Wildman–Crippen LogP) is 2.07. The van der Waals surface area contributed by atoms with Crippen LogP contribution in [0.2, 0.25) is 5.02 Å². The van der Waals surface area contributed by atoms with Gasteiger partial charge in [0, 0.05) is 24.7 Å². The van der Waals surface area contributed by atoms with Gasteiger partial charge in [-0.05, 0) is 31.0 Å². The smallest absolute Gasteiger partial charge is 0.120 e. The summed E-state index contributed by atoms with van der Waals surface area (Å²) in [7, 11) is 0. The van der Waals surface area contributed by atoms with Crippen molar-refractivity contribution in [1.29, 1.82) is 0 Å². The molecular formula is C14H21ClN2O2. The third-order valence-corrected chi connectivity index (χ3v) is 3.38. The van der Waals surface area contributed by atoms with Crippen molar-refractivity contribution in [2.75, 3.05) is 26.2 Å². The summed E-state index contributed by atoms with van der Waals surface area (Å²) in [6, 6.07) is 7.20. The van der Waals surface area contributed by atoms with E-state index < -0.39 is 6.10 Å². The standard InChI is InChI=1S/C14H21ClN2O2/c15-12-5-4-6-14(9-12)19-11-13(18)10-16-17-7-2-1-3-8-17/h4-6,9,13,16,18H,1-3,7-8,10-11H2. The van der Waals surface area contributed by atoms with Crippen LogP contribution in [-0.2, 0) is 0 Å². The van der Waals surface area contributed by atoms with Crippen LogP contribution >= 0.6 is 11.6 Å². The molecule has 1 fully saturated rings. The number of aliphatic hydroxyl groups is 1. The van der Waals surface area contributed by atoms with Crippen LogP contribution in [0.25, 0.3) is 0 Å². The Balaban J connectivity index is 1.65. The highest BCUT2D eigenvalue weighted by Gasteiger charge is 2.12. The summed E-state index contributed by atoms with van der Waals surface area (Å²) in [6.07, 6.45) is 3.23. The fraction of sp³-hybridized carbons (Fsp3) is 0.571. The summed E-state index contributed by atoms with van der Waals surface area (Å²) in [4.78, 5) is 0. The van der Waals surface area contributed by atoms with Gasteiger partial charge in [-0.1, -0.05) is 24.1 Å². The highest BCUT2D eigenvalue weighted by molar-refractivity contribution is 6.30. The summed E-state index contributed by atoms with van der Waals surface area (Å²) in [6.45, 7) is 2.89. The lowest BCUT2D eigenvalue weighted by Crippen LogP contribution is -2.46. The van der Waals surface area contributed by atoms with Gasteiger partial charge in [0.2, 0.25) is 0 Å². The molecule has 1 saturated heterocycles. The van der Waals surface area contributed by atoms with Gasteiger partial charge in [0.15, 0.2) is 0 Å². The normalized spacial score (nSPS) is 18.2. The molecule has 0 aliphatic carbocycles. The first kappa shape index (κ1) is 14.6. The Bertz CT molecular complexity index is 383. The first-order valence-electron chi connectivity index (χ1n) is 6.79. The monoisotopic (exact) mass is 284 g/mol. The number of benzene rings is 1. The zero-order valence-electron chi connectivity index (χ0n) is 11.0. The number of hydrogen-bond donors (Lipinski definition) is 2. The Labute approximate surface area is 119 Å². The van der Waals surface area contributed by atoms with E-state index in [0.717, 1.165) is 13.1 Å². The highest BCUT2D eigenvalue weighted by Crippen LogP contribution is 2.17. The van der Waals surface area contributed by atoms with E-state index >= 15 is 0 Å². The van der Waals surface area contributed by atoms with Crippen LogP contribution < -0.4 is 10.2 Å². The summed E-state index contributed by atoms with van der Waals surface area (Å²) < 4.78 is 5.50. The fourth-order valence-corrected chi connectivity index (χ4v) is 2.27. The number of halogens is 1. The third-order valence-electron chi connectivity index (χ3n) is 3.15. The van der Waals surface area contributed by atoms with Crippen molar-refractivity contribution >= 4 is 11.6 Å². The van der Waals surface area contributed by atoms with Crippen LogP contribution in [0.4, 0.5) is 0 Å². The van der Waals surface area contributed by atoms with Gasteiger partial charge in [0.05, 0.1) is 0 Å². The van der Waals surface area contributed by atoms with Crippen molar-refractivity contribution in [3.05, 3.63) is 29.3 Å². The third kappa shape index (κ3) is 5.37. The minimum Gasteiger partial charge on any atom is -0.491 e. The molecule has 0 radical (unpaired) electrons. The van der Waals surface area contributed by atoms with E-state index in [4.69, 9.17) is 16.3 Å². The lowest BCUT2D eigenvalue weighted by molar-refractivity contribution is 0.0684. The van der Waals surface area contributed by atoms with Gasteiger partial charge >= 0.3 is 0 Å². The van der Waals surface area contributed by atoms with Gasteiger partial charge in [0.25, 0.3) is 0 Å². The minimum absolute atomic E-state index is 0.265. The Morgan fingerprint density at radius 1 is 1.32 bits per heavy atom. The number of aliphatic hydroxyl groups excluding tert-OH is 1. The molecule has 2 rings (SSSR count). The maximum Gasteiger partial charge on any atom is 0.120 e. The summed E-state index contributed by atoms with van der Waals surface area (Å²) >= 11 is 5.86. The molecule has 1 aliphatic heterocycles. The van der Waals surface area contributed by atoms with Crippen LogP contribution in [0, 0.1) is 0 Å². The molecule has 0 aromatic heterocycles. The van der Waals surface area contributed by atoms with E-state index in [1.165, 1.54) is 19.3 Å². The number of ether oxygens (including phenoxy) is 1. The summed E-state index contributed by atoms with van der Waals surface area (Å²) in [5, 5.41) is 12.7. The van der Waals surface area contributed by atoms with Gasteiger partial charge in [0.1, 0.15) is 18.5 Å². The largest absolute Gasteiger partial charge is 0.491 e. The first-order chi connectivity index (χ1) is 9.24. The molecule has 1 aromatic rings. The first-order valence-corrected chi connectivity index (χ1v) is 7.17. The average molecular weight is 285 g/mol. The zero-order chi connectivity index (χ0) is 13.5. The predicted molar refractivity (Wildman–Crippen MR) is 76.4 cm³/mol. The zero-order valence-corrected chi connectivity index (χ0v) is 11.8. The van der Waals surface area contributed by atoms with Crippen molar-refractivity contribution in [1.82, 2.24) is 10.4 Å². The van der Waals surface area contributed by atoms with E-state index in [9.17, 15) is 5.11 Å². The van der Waals surface area contributed by atoms with Gasteiger partial charge in [-0.15, -0.1) is 0 Å². The van der Waals surface area contributed by atoms with Gasteiger partial charge in [-0.2, -0.15) is 0 Å². The number of nitrogens with zero attached hydrogens (tertiary/aromatic N) is 1. The molecule has 106 valence electrons. The van der Waals surface area contributed by atoms with E-state index in [1.807, 2.05) is 12.1 Å². The summed E-state index contributed by atoms with van der Waals surface area (Å²) in [5.41, 5.74) is 3.25. The van der Waals surface area contributed by atoms with E-state index in [1.54, 1.807) is 12.1 Å². The quantitative estimate of drug-likeness (QED) is 0.839. The van der Waals surface area contributed by atoms with E-state index in [0.29, 0.717) is 17.3 Å². The molecular weight excluding hydrogens is 264 g/mol. The molecule has 2 N–H and O–H groups in total. The van der Waals surface area contributed by atoms with E-state index in [-0.39, 0.29) is 6.61 Å². The molecule has 1 aliphatic rings. The Morgan fingerprint density at radius 2 is 2.11 bits per heavy atom. The van der Waals surface area contributed by atoms with Crippen molar-refractivity contribution in [3.63, 3.8) is 0 Å². The van der Waals surface area contributed by atoms with Crippen LogP contribution in [0.3, 0.4) is 0 Å². The number of rotatable bonds is 6. The number of piperidine rings is 1. The summed E-state index contributed by atoms with van der Waals surface area (Å²) in [5.74, 6) is 0.685. The lowest BCUT2D eigenvalue weighted by atomic mass is 10.2. The minimum atomic E-state index is -0.527. The second-order valence-corrected chi connectivity index (χ2v) is 5.27. The fourth-order valence-electron chi connectivity index (χ4n) is 2.09. The molecule has 1 aromatic carbocycles. The van der Waals surface area contributed by atoms with Crippen LogP contribution in [0.1, 0.15) is 19.3 Å². The second kappa shape index (κ2) is 7.70. The number of hydrazine groups is 1. The molecule has 1 atom stereocenters. The molecule has 1 unspecified atom stereocenters. The molecule has 5 heteroatoms. The number of hydrogen-bond acceptors (Lipinski definition) is 4. The number of nitrogens with one attached hydrogen (secondary N) is 1. The van der Waals surface area contributed by atoms with Gasteiger partial charge < -0.3 is 9.84 Å². The molecule has 4 nitrogen and oxygen atoms in total. The van der Waals surface area contributed by atoms with Crippen LogP contribution in [0.15, 0.2) is 24.3 Å². The van der Waals surface area contributed by atoms with Crippen molar-refractivity contribution in [2.45, 2.75) is 25.4 Å². The molecule has 0 amide bonds. The van der Waals surface area contributed by atoms with Crippen LogP contribution in [-0.4, -0.2) is 42.5 Å². The maximum atomic E-state index is 9.86. The highest BCUT2D eigenvalue weighted by atomic mass is 35.5. The van der Waals surface area contributed by atoms with Gasteiger partial charge in [-0.3, -0.25) is 5.43 Å².